The van der Waals surface area contributed by atoms with Crippen LogP contribution in [0, 0.1) is 6.92 Å². The lowest BCUT2D eigenvalue weighted by Gasteiger charge is -2.07. The molecule has 0 radical (unpaired) electrons. The molecule has 120 valence electrons. The molecule has 3 aromatic rings. The number of nitrogens with two attached hydrogens (primary N) is 1. The lowest BCUT2D eigenvalue weighted by Crippen LogP contribution is -2.10. The molecule has 3 N–H and O–H groups in total. The highest BCUT2D eigenvalue weighted by atomic mass is 79.9. The van der Waals surface area contributed by atoms with Crippen molar-refractivity contribution in [1.82, 2.24) is 19.5 Å². The minimum absolute atomic E-state index is 0.390. The zero-order valence-corrected chi connectivity index (χ0v) is 14.8. The summed E-state index contributed by atoms with van der Waals surface area (Å²) in [5, 5.41) is 3.24. The molecular formula is C16H19BrN6. The van der Waals surface area contributed by atoms with Gasteiger partial charge in [-0.15, -0.1) is 0 Å². The number of aromatic nitrogens is 4. The number of anilines is 2. The monoisotopic (exact) mass is 374 g/mol. The highest BCUT2D eigenvalue weighted by Gasteiger charge is 2.14. The molecule has 0 bridgehead atoms. The molecule has 3 rings (SSSR count). The predicted octanol–water partition coefficient (Wildman–Crippen LogP) is 3.15. The Morgan fingerprint density at radius 1 is 1.17 bits per heavy atom. The van der Waals surface area contributed by atoms with Crippen LogP contribution < -0.4 is 11.1 Å². The van der Waals surface area contributed by atoms with Gasteiger partial charge in [0.15, 0.2) is 21.7 Å². The molecule has 0 saturated heterocycles. The SMILES string of the molecule is CCn1c(Br)nc2c(N)nc(NCCc3ccc(C)cc3)nc21. The van der Waals surface area contributed by atoms with Crippen LogP contribution in [0.25, 0.3) is 11.2 Å². The average Bonchev–Trinajstić information content (AvgIpc) is 2.85. The zero-order valence-electron chi connectivity index (χ0n) is 13.2. The number of hydrogen-bond donors (Lipinski definition) is 2. The van der Waals surface area contributed by atoms with Gasteiger partial charge in [0.05, 0.1) is 0 Å². The summed E-state index contributed by atoms with van der Waals surface area (Å²) in [5.41, 5.74) is 9.92. The van der Waals surface area contributed by atoms with Gasteiger partial charge in [-0.25, -0.2) is 4.98 Å². The van der Waals surface area contributed by atoms with Crippen molar-refractivity contribution in [2.24, 2.45) is 0 Å². The van der Waals surface area contributed by atoms with Crippen LogP contribution in [-0.2, 0) is 13.0 Å². The highest BCUT2D eigenvalue weighted by Crippen LogP contribution is 2.23. The largest absolute Gasteiger partial charge is 0.382 e. The number of benzene rings is 1. The van der Waals surface area contributed by atoms with Gasteiger partial charge in [0.25, 0.3) is 0 Å². The highest BCUT2D eigenvalue weighted by molar-refractivity contribution is 9.10. The minimum Gasteiger partial charge on any atom is -0.382 e. The third-order valence-corrected chi connectivity index (χ3v) is 4.31. The summed E-state index contributed by atoms with van der Waals surface area (Å²) < 4.78 is 2.67. The zero-order chi connectivity index (χ0) is 16.4. The summed E-state index contributed by atoms with van der Waals surface area (Å²) >= 11 is 3.43. The van der Waals surface area contributed by atoms with Gasteiger partial charge in [0.2, 0.25) is 5.95 Å². The second-order valence-electron chi connectivity index (χ2n) is 5.39. The van der Waals surface area contributed by atoms with E-state index in [4.69, 9.17) is 5.73 Å². The Hall–Kier alpha value is -2.15. The van der Waals surface area contributed by atoms with E-state index in [1.165, 1.54) is 11.1 Å². The van der Waals surface area contributed by atoms with E-state index in [1.54, 1.807) is 0 Å². The molecule has 0 spiro atoms. The third-order valence-electron chi connectivity index (χ3n) is 3.71. The quantitative estimate of drug-likeness (QED) is 0.670. The third kappa shape index (κ3) is 3.29. The summed E-state index contributed by atoms with van der Waals surface area (Å²) in [6.45, 7) is 5.63. The second-order valence-corrected chi connectivity index (χ2v) is 6.10. The Morgan fingerprint density at radius 3 is 2.61 bits per heavy atom. The molecule has 0 unspecified atom stereocenters. The number of aryl methyl sites for hydroxylation is 2. The van der Waals surface area contributed by atoms with Crippen molar-refractivity contribution in [3.63, 3.8) is 0 Å². The summed E-state index contributed by atoms with van der Waals surface area (Å²) in [6, 6.07) is 8.51. The van der Waals surface area contributed by atoms with Gasteiger partial charge in [0.1, 0.15) is 0 Å². The van der Waals surface area contributed by atoms with E-state index in [1.807, 2.05) is 11.5 Å². The van der Waals surface area contributed by atoms with Crippen molar-refractivity contribution in [3.05, 3.63) is 40.1 Å². The molecule has 0 saturated carbocycles. The Morgan fingerprint density at radius 2 is 1.91 bits per heavy atom. The van der Waals surface area contributed by atoms with Crippen LogP contribution in [0.3, 0.4) is 0 Å². The normalized spacial score (nSPS) is 11.1. The van der Waals surface area contributed by atoms with Crippen molar-refractivity contribution in [2.45, 2.75) is 26.8 Å². The van der Waals surface area contributed by atoms with Gasteiger partial charge >= 0.3 is 0 Å². The second kappa shape index (κ2) is 6.54. The molecule has 0 aliphatic rings. The summed E-state index contributed by atoms with van der Waals surface area (Å²) in [5.74, 6) is 0.921. The molecule has 2 aromatic heterocycles. The fraction of sp³-hybridized carbons (Fsp3) is 0.312. The van der Waals surface area contributed by atoms with Crippen molar-refractivity contribution >= 4 is 38.9 Å². The Bertz CT molecular complexity index is 825. The molecule has 0 atom stereocenters. The van der Waals surface area contributed by atoms with E-state index in [9.17, 15) is 0 Å². The van der Waals surface area contributed by atoms with Gasteiger partial charge in [-0.3, -0.25) is 0 Å². The van der Waals surface area contributed by atoms with E-state index in [-0.39, 0.29) is 0 Å². The van der Waals surface area contributed by atoms with Crippen molar-refractivity contribution in [3.8, 4) is 0 Å². The molecule has 0 fully saturated rings. The van der Waals surface area contributed by atoms with E-state index in [2.05, 4.69) is 67.4 Å². The minimum atomic E-state index is 0.390. The van der Waals surface area contributed by atoms with E-state index < -0.39 is 0 Å². The number of imidazole rings is 1. The first-order valence-electron chi connectivity index (χ1n) is 7.57. The van der Waals surface area contributed by atoms with Crippen LogP contribution in [0.4, 0.5) is 11.8 Å². The van der Waals surface area contributed by atoms with Crippen molar-refractivity contribution in [2.75, 3.05) is 17.6 Å². The number of hydrogen-bond acceptors (Lipinski definition) is 5. The smallest absolute Gasteiger partial charge is 0.226 e. The number of fused-ring (bicyclic) bond motifs is 1. The maximum Gasteiger partial charge on any atom is 0.226 e. The van der Waals surface area contributed by atoms with Crippen LogP contribution in [0.15, 0.2) is 29.0 Å². The summed E-state index contributed by atoms with van der Waals surface area (Å²) in [7, 11) is 0. The van der Waals surface area contributed by atoms with Crippen LogP contribution in [0.5, 0.6) is 0 Å². The van der Waals surface area contributed by atoms with Gasteiger partial charge in [-0.05, 0) is 41.8 Å². The van der Waals surface area contributed by atoms with Gasteiger partial charge in [0, 0.05) is 13.1 Å². The van der Waals surface area contributed by atoms with Gasteiger partial charge in [-0.1, -0.05) is 29.8 Å². The summed E-state index contributed by atoms with van der Waals surface area (Å²) in [6.07, 6.45) is 0.901. The van der Waals surface area contributed by atoms with Crippen LogP contribution >= 0.6 is 15.9 Å². The maximum absolute atomic E-state index is 6.01. The van der Waals surface area contributed by atoms with E-state index in [0.717, 1.165) is 25.2 Å². The van der Waals surface area contributed by atoms with Crippen LogP contribution in [-0.4, -0.2) is 26.1 Å². The number of nitrogens with one attached hydrogen (secondary N) is 1. The molecule has 1 aromatic carbocycles. The molecule has 7 heteroatoms. The van der Waals surface area contributed by atoms with Gasteiger partial charge < -0.3 is 15.6 Å². The standard InChI is InChI=1S/C16H19BrN6/c1-3-23-14-12(20-15(23)17)13(18)21-16(22-14)19-9-8-11-6-4-10(2)5-7-11/h4-7H,3,8-9H2,1-2H3,(H3,18,19,21,22). The average molecular weight is 375 g/mol. The predicted molar refractivity (Wildman–Crippen MR) is 96.5 cm³/mol. The van der Waals surface area contributed by atoms with E-state index >= 15 is 0 Å². The van der Waals surface area contributed by atoms with Crippen molar-refractivity contribution in [1.29, 1.82) is 0 Å². The number of nitrogens with zero attached hydrogens (tertiary/aromatic N) is 4. The first-order valence-corrected chi connectivity index (χ1v) is 8.36. The molecule has 0 aliphatic heterocycles. The lowest BCUT2D eigenvalue weighted by atomic mass is 10.1. The molecular weight excluding hydrogens is 356 g/mol. The maximum atomic E-state index is 6.01. The fourth-order valence-electron chi connectivity index (χ4n) is 2.43. The molecule has 23 heavy (non-hydrogen) atoms. The first kappa shape index (κ1) is 15.7. The van der Waals surface area contributed by atoms with Crippen molar-refractivity contribution < 1.29 is 0 Å². The summed E-state index contributed by atoms with van der Waals surface area (Å²) in [4.78, 5) is 13.2. The topological polar surface area (TPSA) is 81.7 Å². The molecule has 6 nitrogen and oxygen atoms in total. The molecule has 0 amide bonds. The molecule has 0 aliphatic carbocycles. The van der Waals surface area contributed by atoms with Crippen LogP contribution in [0.2, 0.25) is 0 Å². The number of halogens is 1. The van der Waals surface area contributed by atoms with Crippen LogP contribution in [0.1, 0.15) is 18.1 Å². The number of nitrogen functional groups attached to an aromatic ring is 1. The first-order chi connectivity index (χ1) is 11.1. The van der Waals surface area contributed by atoms with E-state index in [0.29, 0.717) is 22.0 Å². The van der Waals surface area contributed by atoms with Gasteiger partial charge in [-0.2, -0.15) is 9.97 Å². The lowest BCUT2D eigenvalue weighted by molar-refractivity contribution is 0.756. The number of rotatable bonds is 5. The fourth-order valence-corrected chi connectivity index (χ4v) is 3.02. The Balaban J connectivity index is 1.76. The molecule has 2 heterocycles. The Labute approximate surface area is 143 Å². The Kier molecular flexibility index (Phi) is 4.47.